The number of alkyl halides is 1. The molecule has 1 atom stereocenters. The van der Waals surface area contributed by atoms with Crippen LogP contribution in [-0.2, 0) is 11.2 Å². The average molecular weight is 410 g/mol. The predicted octanol–water partition coefficient (Wildman–Crippen LogP) is 4.62. The highest BCUT2D eigenvalue weighted by molar-refractivity contribution is 7.98. The SMILES string of the molecule is CSc1ccc2c(c1)OC1=C(C(=O)C2)C2(CCN(C)CC2)C(Cl)C(Cl)=C1. The summed E-state index contributed by atoms with van der Waals surface area (Å²) in [5.74, 6) is 1.43. The van der Waals surface area contributed by atoms with Crippen molar-refractivity contribution in [1.29, 1.82) is 0 Å². The van der Waals surface area contributed by atoms with Crippen LogP contribution in [0.1, 0.15) is 18.4 Å². The number of ether oxygens (including phenoxy) is 1. The van der Waals surface area contributed by atoms with Crippen molar-refractivity contribution in [2.24, 2.45) is 5.41 Å². The molecule has 1 unspecified atom stereocenters. The van der Waals surface area contributed by atoms with Gasteiger partial charge in [0.2, 0.25) is 0 Å². The van der Waals surface area contributed by atoms with E-state index in [1.165, 1.54) is 0 Å². The Morgan fingerprint density at radius 3 is 2.73 bits per heavy atom. The molecule has 1 fully saturated rings. The third kappa shape index (κ3) is 2.91. The fourth-order valence-corrected chi connectivity index (χ4v) is 5.33. The Morgan fingerprint density at radius 1 is 1.31 bits per heavy atom. The number of halogens is 2. The first kappa shape index (κ1) is 18.4. The average Bonchev–Trinajstić information content (AvgIpc) is 2.76. The van der Waals surface area contributed by atoms with Gasteiger partial charge in [0.15, 0.2) is 5.78 Å². The molecule has 2 heterocycles. The maximum absolute atomic E-state index is 13.3. The van der Waals surface area contributed by atoms with E-state index in [2.05, 4.69) is 11.9 Å². The number of carbonyl (C=O) groups is 1. The zero-order chi connectivity index (χ0) is 18.5. The van der Waals surface area contributed by atoms with E-state index >= 15 is 0 Å². The van der Waals surface area contributed by atoms with Crippen molar-refractivity contribution < 1.29 is 9.53 Å². The predicted molar refractivity (Wildman–Crippen MR) is 107 cm³/mol. The molecule has 0 saturated carbocycles. The van der Waals surface area contributed by atoms with Gasteiger partial charge in [-0.15, -0.1) is 23.4 Å². The van der Waals surface area contributed by atoms with Crippen LogP contribution in [0.5, 0.6) is 5.75 Å². The molecule has 0 radical (unpaired) electrons. The zero-order valence-electron chi connectivity index (χ0n) is 14.9. The second kappa shape index (κ2) is 6.90. The normalized spacial score (nSPS) is 25.3. The van der Waals surface area contributed by atoms with Crippen LogP contribution in [0.3, 0.4) is 0 Å². The summed E-state index contributed by atoms with van der Waals surface area (Å²) in [4.78, 5) is 16.7. The number of likely N-dealkylation sites (tertiary alicyclic amines) is 1. The van der Waals surface area contributed by atoms with Crippen LogP contribution in [0.4, 0.5) is 0 Å². The molecule has 1 spiro atoms. The van der Waals surface area contributed by atoms with Crippen LogP contribution in [-0.4, -0.2) is 42.5 Å². The number of allylic oxidation sites excluding steroid dienone is 3. The second-order valence-corrected chi connectivity index (χ2v) is 9.02. The number of hydrogen-bond donors (Lipinski definition) is 0. The molecule has 138 valence electrons. The molecule has 1 aromatic rings. The third-order valence-electron chi connectivity index (χ3n) is 5.74. The lowest BCUT2D eigenvalue weighted by Gasteiger charge is -2.46. The smallest absolute Gasteiger partial charge is 0.167 e. The molecular weight excluding hydrogens is 389 g/mol. The van der Waals surface area contributed by atoms with Crippen LogP contribution >= 0.6 is 35.0 Å². The number of nitrogens with zero attached hydrogens (tertiary/aromatic N) is 1. The van der Waals surface area contributed by atoms with Gasteiger partial charge < -0.3 is 9.64 Å². The Kier molecular flexibility index (Phi) is 4.89. The highest BCUT2D eigenvalue weighted by Gasteiger charge is 2.51. The molecule has 0 amide bonds. The largest absolute Gasteiger partial charge is 0.457 e. The van der Waals surface area contributed by atoms with E-state index in [1.807, 2.05) is 24.5 Å². The summed E-state index contributed by atoms with van der Waals surface area (Å²) in [6.07, 6.45) is 5.73. The fraction of sp³-hybridized carbons (Fsp3) is 0.450. The van der Waals surface area contributed by atoms with E-state index in [9.17, 15) is 4.79 Å². The van der Waals surface area contributed by atoms with Crippen LogP contribution < -0.4 is 4.74 Å². The van der Waals surface area contributed by atoms with Gasteiger partial charge >= 0.3 is 0 Å². The van der Waals surface area contributed by atoms with Gasteiger partial charge in [0.1, 0.15) is 11.5 Å². The van der Waals surface area contributed by atoms with Gasteiger partial charge in [-0.05, 0) is 57.4 Å². The lowest BCUT2D eigenvalue weighted by atomic mass is 9.65. The molecule has 26 heavy (non-hydrogen) atoms. The lowest BCUT2D eigenvalue weighted by molar-refractivity contribution is -0.116. The number of rotatable bonds is 1. The highest BCUT2D eigenvalue weighted by atomic mass is 35.5. The monoisotopic (exact) mass is 409 g/mol. The minimum Gasteiger partial charge on any atom is -0.457 e. The number of piperidine rings is 1. The molecular formula is C20H21Cl2NO2S. The Morgan fingerprint density at radius 2 is 2.04 bits per heavy atom. The van der Waals surface area contributed by atoms with Gasteiger partial charge in [0, 0.05) is 32.9 Å². The summed E-state index contributed by atoms with van der Waals surface area (Å²) in [5, 5.41) is 0.180. The van der Waals surface area contributed by atoms with E-state index < -0.39 is 5.41 Å². The van der Waals surface area contributed by atoms with Gasteiger partial charge in [-0.1, -0.05) is 17.7 Å². The van der Waals surface area contributed by atoms with Gasteiger partial charge in [-0.2, -0.15) is 0 Å². The van der Waals surface area contributed by atoms with Gasteiger partial charge in [0.05, 0.1) is 5.38 Å². The fourth-order valence-electron chi connectivity index (χ4n) is 4.21. The van der Waals surface area contributed by atoms with E-state index in [-0.39, 0.29) is 11.2 Å². The Hall–Kier alpha value is -0.940. The number of benzene rings is 1. The number of Topliss-reactive ketones (excluding diaryl/α,β-unsaturated/α-hetero) is 1. The van der Waals surface area contributed by atoms with Crippen molar-refractivity contribution in [1.82, 2.24) is 4.90 Å². The Bertz CT molecular complexity index is 825. The van der Waals surface area contributed by atoms with Crippen molar-refractivity contribution >= 4 is 40.7 Å². The van der Waals surface area contributed by atoms with Crippen LogP contribution in [0, 0.1) is 5.41 Å². The second-order valence-electron chi connectivity index (χ2n) is 7.27. The van der Waals surface area contributed by atoms with Crippen molar-refractivity contribution in [3.63, 3.8) is 0 Å². The van der Waals surface area contributed by atoms with Gasteiger partial charge in [-0.3, -0.25) is 4.79 Å². The molecule has 0 N–H and O–H groups in total. The zero-order valence-corrected chi connectivity index (χ0v) is 17.2. The van der Waals surface area contributed by atoms with Crippen molar-refractivity contribution in [2.45, 2.75) is 29.5 Å². The van der Waals surface area contributed by atoms with E-state index in [1.54, 1.807) is 17.8 Å². The van der Waals surface area contributed by atoms with Gasteiger partial charge in [-0.25, -0.2) is 0 Å². The molecule has 1 saturated heterocycles. The van der Waals surface area contributed by atoms with Gasteiger partial charge in [0.25, 0.3) is 0 Å². The lowest BCUT2D eigenvalue weighted by Crippen LogP contribution is -2.48. The molecule has 1 aromatic carbocycles. The number of hydrogen-bond acceptors (Lipinski definition) is 4. The minimum absolute atomic E-state index is 0.103. The molecule has 2 aliphatic heterocycles. The molecule has 6 heteroatoms. The van der Waals surface area contributed by atoms with E-state index in [0.29, 0.717) is 17.2 Å². The molecule has 3 nitrogen and oxygen atoms in total. The first-order valence-electron chi connectivity index (χ1n) is 8.77. The summed E-state index contributed by atoms with van der Waals surface area (Å²) in [6, 6.07) is 6.02. The van der Waals surface area contributed by atoms with Crippen LogP contribution in [0.2, 0.25) is 0 Å². The molecule has 0 aromatic heterocycles. The van der Waals surface area contributed by atoms with Crippen molar-refractivity contribution in [3.05, 3.63) is 46.2 Å². The summed E-state index contributed by atoms with van der Waals surface area (Å²) >= 11 is 15.0. The summed E-state index contributed by atoms with van der Waals surface area (Å²) in [7, 11) is 2.09. The highest BCUT2D eigenvalue weighted by Crippen LogP contribution is 2.53. The van der Waals surface area contributed by atoms with Crippen molar-refractivity contribution in [3.8, 4) is 5.75 Å². The Balaban J connectivity index is 1.83. The standard InChI is InChI=1S/C20H21Cl2NO2S/c1-23-7-5-20(6-8-23)18-15(24)9-12-3-4-13(26-2)10-16(12)25-17(18)11-14(21)19(20)22/h3-4,10-11,19H,5-9H2,1-2H3. The number of fused-ring (bicyclic) bond motifs is 2. The number of thioether (sulfide) groups is 1. The Labute approximate surface area is 168 Å². The van der Waals surface area contributed by atoms with Crippen molar-refractivity contribution in [2.75, 3.05) is 26.4 Å². The number of carbonyl (C=O) groups excluding carboxylic acids is 1. The molecule has 4 rings (SSSR count). The summed E-state index contributed by atoms with van der Waals surface area (Å²) in [6.45, 7) is 1.78. The third-order valence-corrected chi connectivity index (χ3v) is 7.56. The first-order valence-corrected chi connectivity index (χ1v) is 10.8. The number of ketones is 1. The maximum atomic E-state index is 13.3. The van der Waals surface area contributed by atoms with E-state index in [4.69, 9.17) is 27.9 Å². The molecule has 1 aliphatic carbocycles. The molecule has 0 bridgehead atoms. The maximum Gasteiger partial charge on any atom is 0.167 e. The van der Waals surface area contributed by atoms with Crippen LogP contribution in [0.15, 0.2) is 45.5 Å². The summed E-state index contributed by atoms with van der Waals surface area (Å²) in [5.41, 5.74) is 1.20. The summed E-state index contributed by atoms with van der Waals surface area (Å²) < 4.78 is 6.26. The topological polar surface area (TPSA) is 29.5 Å². The molecule has 3 aliphatic rings. The van der Waals surface area contributed by atoms with E-state index in [0.717, 1.165) is 47.7 Å². The quantitative estimate of drug-likeness (QED) is 0.499. The first-order chi connectivity index (χ1) is 12.4. The minimum atomic E-state index is -0.448. The van der Waals surface area contributed by atoms with Crippen LogP contribution in [0.25, 0.3) is 0 Å².